The normalized spacial score (nSPS) is 10.3. The van der Waals surface area contributed by atoms with Crippen LogP contribution in [0.4, 0.5) is 5.69 Å². The van der Waals surface area contributed by atoms with Crippen molar-refractivity contribution in [2.24, 2.45) is 7.05 Å². The van der Waals surface area contributed by atoms with Gasteiger partial charge in [0, 0.05) is 18.5 Å². The average Bonchev–Trinajstić information content (AvgIpc) is 2.86. The summed E-state index contributed by atoms with van der Waals surface area (Å²) in [4.78, 5) is 20.9. The van der Waals surface area contributed by atoms with Crippen molar-refractivity contribution >= 4 is 23.0 Å². The van der Waals surface area contributed by atoms with Crippen LogP contribution in [0.25, 0.3) is 0 Å². The summed E-state index contributed by atoms with van der Waals surface area (Å²) in [7, 11) is 1.52. The van der Waals surface area contributed by atoms with Crippen LogP contribution in [0.5, 0.6) is 11.6 Å². The average molecular weight is 269 g/mol. The lowest BCUT2D eigenvalue weighted by atomic mass is 10.4. The molecule has 0 bridgehead atoms. The second-order valence-electron chi connectivity index (χ2n) is 3.30. The zero-order valence-electron chi connectivity index (χ0n) is 9.06. The minimum absolute atomic E-state index is 0.0867. The second-order valence-corrected chi connectivity index (χ2v) is 4.22. The van der Waals surface area contributed by atoms with E-state index >= 15 is 0 Å². The molecule has 0 saturated carbocycles. The molecule has 0 saturated heterocycles. The van der Waals surface area contributed by atoms with Gasteiger partial charge >= 0.3 is 17.5 Å². The highest BCUT2D eigenvalue weighted by atomic mass is 32.1. The molecule has 1 N–H and O–H groups in total. The summed E-state index contributed by atoms with van der Waals surface area (Å²) in [5.41, 5.74) is -0.277. The Kier molecular flexibility index (Phi) is 2.98. The fourth-order valence-electron chi connectivity index (χ4n) is 1.25. The molecular formula is C9H7N3O5S. The van der Waals surface area contributed by atoms with Gasteiger partial charge in [0.25, 0.3) is 0 Å². The molecule has 2 aromatic rings. The molecule has 2 aromatic heterocycles. The first-order valence-electron chi connectivity index (χ1n) is 4.65. The van der Waals surface area contributed by atoms with E-state index in [0.717, 1.165) is 11.3 Å². The van der Waals surface area contributed by atoms with Gasteiger partial charge in [0.2, 0.25) is 0 Å². The molecule has 0 atom stereocenters. The van der Waals surface area contributed by atoms with E-state index in [0.29, 0.717) is 0 Å². The number of carboxylic acids is 1. The lowest BCUT2D eigenvalue weighted by Gasteiger charge is -1.96. The zero-order valence-corrected chi connectivity index (χ0v) is 9.88. The molecule has 0 aliphatic heterocycles. The Morgan fingerprint density at radius 2 is 2.39 bits per heavy atom. The topological polar surface area (TPSA) is 107 Å². The molecule has 0 aliphatic carbocycles. The van der Waals surface area contributed by atoms with Crippen LogP contribution < -0.4 is 4.74 Å². The van der Waals surface area contributed by atoms with Crippen LogP contribution in [0, 0.1) is 10.1 Å². The van der Waals surface area contributed by atoms with Crippen LogP contribution in [-0.2, 0) is 7.05 Å². The highest BCUT2D eigenvalue weighted by Gasteiger charge is 2.21. The van der Waals surface area contributed by atoms with E-state index in [1.165, 1.54) is 29.4 Å². The van der Waals surface area contributed by atoms with Gasteiger partial charge in [0.15, 0.2) is 0 Å². The van der Waals surface area contributed by atoms with E-state index in [1.54, 1.807) is 0 Å². The highest BCUT2D eigenvalue weighted by molar-refractivity contribution is 7.12. The Labute approximate surface area is 104 Å². The maximum absolute atomic E-state index is 10.7. The molecule has 2 rings (SSSR count). The Balaban J connectivity index is 2.27. The number of nitrogens with zero attached hydrogens (tertiary/aromatic N) is 3. The van der Waals surface area contributed by atoms with Gasteiger partial charge in [-0.1, -0.05) is 0 Å². The number of hydrogen-bond donors (Lipinski definition) is 1. The molecule has 0 aromatic carbocycles. The number of carbonyl (C=O) groups is 1. The number of ether oxygens (including phenoxy) is 1. The number of thiophene rings is 1. The minimum Gasteiger partial charge on any atom is -0.477 e. The lowest BCUT2D eigenvalue weighted by molar-refractivity contribution is -0.385. The van der Waals surface area contributed by atoms with Crippen LogP contribution >= 0.6 is 11.3 Å². The van der Waals surface area contributed by atoms with Crippen LogP contribution in [0.2, 0.25) is 0 Å². The van der Waals surface area contributed by atoms with Crippen molar-refractivity contribution in [2.75, 3.05) is 0 Å². The van der Waals surface area contributed by atoms with Gasteiger partial charge in [-0.15, -0.1) is 16.4 Å². The molecular weight excluding hydrogens is 262 g/mol. The van der Waals surface area contributed by atoms with Gasteiger partial charge in [-0.25, -0.2) is 4.79 Å². The summed E-state index contributed by atoms with van der Waals surface area (Å²) >= 11 is 0.969. The van der Waals surface area contributed by atoms with E-state index in [-0.39, 0.29) is 22.2 Å². The Bertz CT molecular complexity index is 618. The molecule has 0 amide bonds. The summed E-state index contributed by atoms with van der Waals surface area (Å²) in [6, 6.07) is 1.28. The van der Waals surface area contributed by atoms with Crippen LogP contribution in [0.15, 0.2) is 17.6 Å². The first kappa shape index (κ1) is 12.0. The van der Waals surface area contributed by atoms with Crippen molar-refractivity contribution < 1.29 is 19.6 Å². The van der Waals surface area contributed by atoms with E-state index in [4.69, 9.17) is 9.84 Å². The largest absolute Gasteiger partial charge is 0.477 e. The van der Waals surface area contributed by atoms with Gasteiger partial charge in [0.1, 0.15) is 16.8 Å². The molecule has 0 fully saturated rings. The third-order valence-electron chi connectivity index (χ3n) is 1.97. The summed E-state index contributed by atoms with van der Waals surface area (Å²) in [5.74, 6) is -1.04. The SMILES string of the molecule is Cn1cc([N+](=O)[O-])c(Oc2csc(C(=O)O)c2)n1. The van der Waals surface area contributed by atoms with Crippen molar-refractivity contribution in [3.05, 3.63) is 32.6 Å². The predicted molar refractivity (Wildman–Crippen MR) is 61.2 cm³/mol. The standard InChI is InChI=1S/C9H7N3O5S/c1-11-3-6(12(15)16)8(10-11)17-5-2-7(9(13)14)18-4-5/h2-4H,1H3,(H,13,14). The summed E-state index contributed by atoms with van der Waals surface area (Å²) in [6.07, 6.45) is 1.21. The third kappa shape index (κ3) is 2.30. The first-order chi connectivity index (χ1) is 8.47. The van der Waals surface area contributed by atoms with E-state index in [2.05, 4.69) is 5.10 Å². The monoisotopic (exact) mass is 269 g/mol. The summed E-state index contributed by atoms with van der Waals surface area (Å²) in [6.45, 7) is 0. The number of carboxylic acid groups (broad SMARTS) is 1. The number of aromatic carboxylic acids is 1. The first-order valence-corrected chi connectivity index (χ1v) is 5.53. The summed E-state index contributed by atoms with van der Waals surface area (Å²) < 4.78 is 6.44. The Morgan fingerprint density at radius 3 is 2.94 bits per heavy atom. The van der Waals surface area contributed by atoms with Crippen molar-refractivity contribution in [3.63, 3.8) is 0 Å². The Morgan fingerprint density at radius 1 is 1.67 bits per heavy atom. The number of hydrogen-bond acceptors (Lipinski definition) is 6. The van der Waals surface area contributed by atoms with E-state index in [1.807, 2.05) is 0 Å². The zero-order chi connectivity index (χ0) is 13.3. The predicted octanol–water partition coefficient (Wildman–Crippen LogP) is 1.88. The molecule has 0 unspecified atom stereocenters. The fourth-order valence-corrected chi connectivity index (χ4v) is 1.89. The second kappa shape index (κ2) is 4.45. The van der Waals surface area contributed by atoms with Gasteiger partial charge in [-0.3, -0.25) is 14.8 Å². The number of aryl methyl sites for hydroxylation is 1. The summed E-state index contributed by atoms with van der Waals surface area (Å²) in [5, 5.41) is 24.7. The molecule has 18 heavy (non-hydrogen) atoms. The maximum Gasteiger partial charge on any atom is 0.350 e. The Hall–Kier alpha value is -2.42. The lowest BCUT2D eigenvalue weighted by Crippen LogP contribution is -1.92. The minimum atomic E-state index is -1.08. The van der Waals surface area contributed by atoms with Crippen molar-refractivity contribution in [3.8, 4) is 11.6 Å². The van der Waals surface area contributed by atoms with Crippen molar-refractivity contribution in [1.82, 2.24) is 9.78 Å². The maximum atomic E-state index is 10.7. The number of rotatable bonds is 4. The van der Waals surface area contributed by atoms with Crippen molar-refractivity contribution in [2.45, 2.75) is 0 Å². The molecule has 9 heteroatoms. The fraction of sp³-hybridized carbons (Fsp3) is 0.111. The van der Waals surface area contributed by atoms with E-state index in [9.17, 15) is 14.9 Å². The third-order valence-corrected chi connectivity index (χ3v) is 2.87. The molecule has 0 spiro atoms. The molecule has 0 radical (unpaired) electrons. The van der Waals surface area contributed by atoms with Gasteiger partial charge in [-0.05, 0) is 0 Å². The quantitative estimate of drug-likeness (QED) is 0.670. The molecule has 0 aliphatic rings. The smallest absolute Gasteiger partial charge is 0.350 e. The molecule has 94 valence electrons. The molecule has 8 nitrogen and oxygen atoms in total. The van der Waals surface area contributed by atoms with Gasteiger partial charge < -0.3 is 9.84 Å². The van der Waals surface area contributed by atoms with E-state index < -0.39 is 10.9 Å². The van der Waals surface area contributed by atoms with Gasteiger partial charge in [-0.2, -0.15) is 0 Å². The van der Waals surface area contributed by atoms with Crippen LogP contribution in [0.1, 0.15) is 9.67 Å². The highest BCUT2D eigenvalue weighted by Crippen LogP contribution is 2.31. The number of nitro groups is 1. The van der Waals surface area contributed by atoms with Crippen molar-refractivity contribution in [1.29, 1.82) is 0 Å². The van der Waals surface area contributed by atoms with Gasteiger partial charge in [0.05, 0.1) is 4.92 Å². The molecule has 2 heterocycles. The van der Waals surface area contributed by atoms with Crippen LogP contribution in [0.3, 0.4) is 0 Å². The van der Waals surface area contributed by atoms with Crippen LogP contribution in [-0.4, -0.2) is 25.8 Å². The number of aromatic nitrogens is 2.